The molecule has 266 valence electrons. The van der Waals surface area contributed by atoms with Crippen molar-refractivity contribution >= 4 is 72.2 Å². The van der Waals surface area contributed by atoms with Crippen LogP contribution in [0.5, 0.6) is 0 Å². The SMILES string of the molecule is CC1(C)c2ccccc2Sc2cc(N(c3ccc(-c4ccc5c(c4)c4ccccc4n5-c4ccccc4)cc3)c3cc4ccccc4c4ccccc34)ccc21. The predicted molar refractivity (Wildman–Crippen MR) is 239 cm³/mol. The van der Waals surface area contributed by atoms with E-state index in [2.05, 4.69) is 217 Å². The first-order chi connectivity index (χ1) is 27.5. The van der Waals surface area contributed by atoms with Crippen LogP contribution in [0.2, 0.25) is 0 Å². The minimum Gasteiger partial charge on any atom is -0.310 e. The van der Waals surface area contributed by atoms with Crippen molar-refractivity contribution in [3.05, 3.63) is 205 Å². The maximum Gasteiger partial charge on any atom is 0.0546 e. The summed E-state index contributed by atoms with van der Waals surface area (Å²) >= 11 is 1.89. The molecule has 2 heterocycles. The van der Waals surface area contributed by atoms with Gasteiger partial charge in [0.1, 0.15) is 0 Å². The largest absolute Gasteiger partial charge is 0.310 e. The molecule has 1 aromatic heterocycles. The van der Waals surface area contributed by atoms with E-state index in [1.165, 1.54) is 86.8 Å². The zero-order valence-corrected chi connectivity index (χ0v) is 32.1. The van der Waals surface area contributed by atoms with Gasteiger partial charge in [0.15, 0.2) is 0 Å². The molecule has 0 radical (unpaired) electrons. The number of nitrogens with zero attached hydrogens (tertiary/aromatic N) is 2. The number of benzene rings is 9. The van der Waals surface area contributed by atoms with E-state index in [0.717, 1.165) is 11.4 Å². The van der Waals surface area contributed by atoms with Crippen LogP contribution in [0.4, 0.5) is 17.1 Å². The summed E-state index contributed by atoms with van der Waals surface area (Å²) in [5, 5.41) is 7.50. The van der Waals surface area contributed by atoms with Gasteiger partial charge in [-0.1, -0.05) is 153 Å². The van der Waals surface area contributed by atoms with Gasteiger partial charge in [-0.2, -0.15) is 0 Å². The number of anilines is 3. The zero-order chi connectivity index (χ0) is 37.4. The lowest BCUT2D eigenvalue weighted by Crippen LogP contribution is -2.24. The van der Waals surface area contributed by atoms with Gasteiger partial charge in [-0.05, 0) is 105 Å². The van der Waals surface area contributed by atoms with Crippen LogP contribution in [0.25, 0.3) is 60.2 Å². The number of hydrogen-bond acceptors (Lipinski definition) is 2. The van der Waals surface area contributed by atoms with Crippen LogP contribution in [0.15, 0.2) is 204 Å². The van der Waals surface area contributed by atoms with Gasteiger partial charge < -0.3 is 9.47 Å². The monoisotopic (exact) mass is 734 g/mol. The maximum atomic E-state index is 2.46. The van der Waals surface area contributed by atoms with Gasteiger partial charge in [0.2, 0.25) is 0 Å². The molecule has 0 saturated heterocycles. The fraction of sp³-hybridized carbons (Fsp3) is 0.0566. The van der Waals surface area contributed by atoms with Crippen molar-refractivity contribution in [2.24, 2.45) is 0 Å². The maximum absolute atomic E-state index is 2.46. The van der Waals surface area contributed by atoms with Crippen LogP contribution in [0.1, 0.15) is 25.0 Å². The van der Waals surface area contributed by atoms with Crippen molar-refractivity contribution in [2.75, 3.05) is 4.90 Å². The molecule has 0 saturated carbocycles. The van der Waals surface area contributed by atoms with Gasteiger partial charge in [0, 0.05) is 48.4 Å². The minimum absolute atomic E-state index is 0.0909. The molecule has 0 bridgehead atoms. The number of aromatic nitrogens is 1. The lowest BCUT2D eigenvalue weighted by molar-refractivity contribution is 0.607. The molecule has 0 aliphatic carbocycles. The van der Waals surface area contributed by atoms with E-state index in [1.807, 2.05) is 11.8 Å². The highest BCUT2D eigenvalue weighted by Crippen LogP contribution is 2.51. The molecule has 9 aromatic carbocycles. The number of para-hydroxylation sites is 2. The topological polar surface area (TPSA) is 8.17 Å². The number of fused-ring (bicyclic) bond motifs is 8. The van der Waals surface area contributed by atoms with E-state index in [0.29, 0.717) is 0 Å². The summed E-state index contributed by atoms with van der Waals surface area (Å²) in [7, 11) is 0. The fourth-order valence-electron chi connectivity index (χ4n) is 9.04. The number of hydrogen-bond donors (Lipinski definition) is 0. The molecule has 0 unspecified atom stereocenters. The molecule has 1 aliphatic heterocycles. The van der Waals surface area contributed by atoms with E-state index < -0.39 is 0 Å². The Bertz CT molecular complexity index is 3140. The summed E-state index contributed by atoms with van der Waals surface area (Å²) in [5.41, 5.74) is 12.1. The molecule has 11 rings (SSSR count). The Morgan fingerprint density at radius 2 is 1.05 bits per heavy atom. The molecule has 3 heteroatoms. The minimum atomic E-state index is -0.0909. The third kappa shape index (κ3) is 5.12. The van der Waals surface area contributed by atoms with Gasteiger partial charge in [-0.3, -0.25) is 0 Å². The molecule has 10 aromatic rings. The molecule has 56 heavy (non-hydrogen) atoms. The molecule has 0 fully saturated rings. The Morgan fingerprint density at radius 1 is 0.429 bits per heavy atom. The van der Waals surface area contributed by atoms with E-state index in [-0.39, 0.29) is 5.41 Å². The van der Waals surface area contributed by atoms with E-state index in [9.17, 15) is 0 Å². The van der Waals surface area contributed by atoms with E-state index in [1.54, 1.807) is 0 Å². The summed E-state index contributed by atoms with van der Waals surface area (Å²) in [4.78, 5) is 5.10. The standard InChI is InChI=1S/C53H38N2S/c1-53(2)46-21-11-13-23-51(46)56-52-34-40(29-30-47(52)53)54(50-33-37-14-6-7-17-41(37)42-18-8-9-19-43(42)50)39-27-24-35(25-28-39)36-26-31-49-45(32-36)44-20-10-12-22-48(44)55(49)38-15-4-3-5-16-38/h3-34H,1-2H3. The highest BCUT2D eigenvalue weighted by molar-refractivity contribution is 7.99. The van der Waals surface area contributed by atoms with Gasteiger partial charge in [-0.25, -0.2) is 0 Å². The Balaban J connectivity index is 1.07. The summed E-state index contributed by atoms with van der Waals surface area (Å²) in [6.45, 7) is 4.71. The normalized spacial score (nSPS) is 13.2. The second kappa shape index (κ2) is 12.8. The Kier molecular flexibility index (Phi) is 7.49. The molecule has 1 aliphatic rings. The van der Waals surface area contributed by atoms with Crippen molar-refractivity contribution in [3.63, 3.8) is 0 Å². The van der Waals surface area contributed by atoms with E-state index in [4.69, 9.17) is 0 Å². The summed E-state index contributed by atoms with van der Waals surface area (Å²) in [6, 6.07) is 71.4. The van der Waals surface area contributed by atoms with Crippen LogP contribution in [-0.2, 0) is 5.41 Å². The second-order valence-corrected chi connectivity index (χ2v) is 16.5. The predicted octanol–water partition coefficient (Wildman–Crippen LogP) is 15.0. The molecule has 2 nitrogen and oxygen atoms in total. The van der Waals surface area contributed by atoms with E-state index >= 15 is 0 Å². The van der Waals surface area contributed by atoms with Gasteiger partial charge in [-0.15, -0.1) is 0 Å². The van der Waals surface area contributed by atoms with Gasteiger partial charge in [0.05, 0.1) is 16.7 Å². The van der Waals surface area contributed by atoms with Crippen LogP contribution < -0.4 is 4.90 Å². The Labute approximate surface area is 331 Å². The third-order valence-electron chi connectivity index (χ3n) is 11.8. The quantitative estimate of drug-likeness (QED) is 0.163. The first-order valence-electron chi connectivity index (χ1n) is 19.3. The fourth-order valence-corrected chi connectivity index (χ4v) is 10.5. The van der Waals surface area contributed by atoms with Crippen LogP contribution in [0.3, 0.4) is 0 Å². The van der Waals surface area contributed by atoms with Crippen molar-refractivity contribution in [1.82, 2.24) is 4.57 Å². The number of rotatable bonds is 5. The summed E-state index contributed by atoms with van der Waals surface area (Å²) < 4.78 is 2.37. The van der Waals surface area contributed by atoms with Crippen LogP contribution in [-0.4, -0.2) is 4.57 Å². The first-order valence-corrected chi connectivity index (χ1v) is 20.2. The molecule has 0 atom stereocenters. The molecule has 0 amide bonds. The lowest BCUT2D eigenvalue weighted by atomic mass is 9.77. The van der Waals surface area contributed by atoms with Crippen molar-refractivity contribution in [3.8, 4) is 16.8 Å². The molecular formula is C53H38N2S. The smallest absolute Gasteiger partial charge is 0.0546 e. The van der Waals surface area contributed by atoms with Gasteiger partial charge >= 0.3 is 0 Å². The first kappa shape index (κ1) is 32.8. The second-order valence-electron chi connectivity index (χ2n) is 15.4. The third-order valence-corrected chi connectivity index (χ3v) is 12.9. The average molecular weight is 735 g/mol. The Hall–Kier alpha value is -6.55. The van der Waals surface area contributed by atoms with Crippen molar-refractivity contribution < 1.29 is 0 Å². The zero-order valence-electron chi connectivity index (χ0n) is 31.3. The lowest BCUT2D eigenvalue weighted by Gasteiger charge is -2.36. The molecule has 0 spiro atoms. The van der Waals surface area contributed by atoms with Crippen LogP contribution in [0, 0.1) is 0 Å². The van der Waals surface area contributed by atoms with Crippen LogP contribution >= 0.6 is 11.8 Å². The summed E-state index contributed by atoms with van der Waals surface area (Å²) in [5.74, 6) is 0. The average Bonchev–Trinajstić information content (AvgIpc) is 3.58. The highest BCUT2D eigenvalue weighted by atomic mass is 32.2. The van der Waals surface area contributed by atoms with Gasteiger partial charge in [0.25, 0.3) is 0 Å². The summed E-state index contributed by atoms with van der Waals surface area (Å²) in [6.07, 6.45) is 0. The van der Waals surface area contributed by atoms with Crippen molar-refractivity contribution in [2.45, 2.75) is 29.1 Å². The van der Waals surface area contributed by atoms with Crippen molar-refractivity contribution in [1.29, 1.82) is 0 Å². The molecular weight excluding hydrogens is 697 g/mol. The molecule has 0 N–H and O–H groups in total. The highest BCUT2D eigenvalue weighted by Gasteiger charge is 2.33. The Morgan fingerprint density at radius 3 is 1.89 bits per heavy atom.